The summed E-state index contributed by atoms with van der Waals surface area (Å²) < 4.78 is 4.97. The number of aliphatic carboxylic acids is 1. The first-order valence-corrected chi connectivity index (χ1v) is 3.65. The van der Waals surface area contributed by atoms with Gasteiger partial charge in [-0.05, 0) is 18.2 Å². The molecular weight excluding hydrogens is 172 g/mol. The topological polar surface area (TPSA) is 67.5 Å². The first-order chi connectivity index (χ1) is 6.22. The standard InChI is InChI=1S/C9H8O4/c10-6-8-5-4-7(13-8)2-1-3-9(11)12/h1-2,4-6H,3H2,(H,11,12). The van der Waals surface area contributed by atoms with E-state index in [1.807, 2.05) is 0 Å². The molecule has 0 radical (unpaired) electrons. The van der Waals surface area contributed by atoms with Gasteiger partial charge >= 0.3 is 5.97 Å². The van der Waals surface area contributed by atoms with Crippen molar-refractivity contribution in [1.82, 2.24) is 0 Å². The fourth-order valence-corrected chi connectivity index (χ4v) is 0.797. The SMILES string of the molecule is O=Cc1ccc(C=CCC(=O)O)o1. The van der Waals surface area contributed by atoms with Gasteiger partial charge in [-0.2, -0.15) is 0 Å². The Balaban J connectivity index is 2.58. The quantitative estimate of drug-likeness (QED) is 0.714. The summed E-state index contributed by atoms with van der Waals surface area (Å²) in [5, 5.41) is 8.30. The second-order valence-electron chi connectivity index (χ2n) is 2.36. The maximum atomic E-state index is 10.2. The van der Waals surface area contributed by atoms with Crippen LogP contribution in [0.3, 0.4) is 0 Å². The van der Waals surface area contributed by atoms with Crippen molar-refractivity contribution in [2.45, 2.75) is 6.42 Å². The Labute approximate surface area is 74.5 Å². The molecule has 1 rings (SSSR count). The Kier molecular flexibility index (Phi) is 3.03. The first-order valence-electron chi connectivity index (χ1n) is 3.65. The summed E-state index contributed by atoms with van der Waals surface area (Å²) >= 11 is 0. The lowest BCUT2D eigenvalue weighted by Crippen LogP contribution is -1.89. The van der Waals surface area contributed by atoms with Crippen molar-refractivity contribution in [1.29, 1.82) is 0 Å². The molecule has 4 nitrogen and oxygen atoms in total. The van der Waals surface area contributed by atoms with E-state index in [1.54, 1.807) is 6.07 Å². The molecule has 4 heteroatoms. The van der Waals surface area contributed by atoms with Crippen LogP contribution in [0.1, 0.15) is 22.7 Å². The zero-order chi connectivity index (χ0) is 9.68. The highest BCUT2D eigenvalue weighted by Crippen LogP contribution is 2.07. The van der Waals surface area contributed by atoms with Crippen LogP contribution < -0.4 is 0 Å². The minimum Gasteiger partial charge on any atom is -0.481 e. The van der Waals surface area contributed by atoms with Crippen LogP contribution in [0.2, 0.25) is 0 Å². The Bertz CT molecular complexity index is 335. The molecule has 0 aromatic carbocycles. The van der Waals surface area contributed by atoms with E-state index in [9.17, 15) is 9.59 Å². The number of carboxylic acid groups (broad SMARTS) is 1. The number of rotatable bonds is 4. The normalized spacial score (nSPS) is 10.5. The lowest BCUT2D eigenvalue weighted by atomic mass is 10.3. The highest BCUT2D eigenvalue weighted by Gasteiger charge is 1.96. The molecule has 68 valence electrons. The molecule has 0 aliphatic heterocycles. The first kappa shape index (κ1) is 9.25. The molecule has 0 fully saturated rings. The minimum absolute atomic E-state index is 0.0584. The van der Waals surface area contributed by atoms with Gasteiger partial charge in [-0.1, -0.05) is 6.08 Å². The number of carbonyl (C=O) groups is 2. The van der Waals surface area contributed by atoms with E-state index < -0.39 is 5.97 Å². The number of carboxylic acids is 1. The third-order valence-corrected chi connectivity index (χ3v) is 1.34. The lowest BCUT2D eigenvalue weighted by Gasteiger charge is -1.84. The largest absolute Gasteiger partial charge is 0.481 e. The Morgan fingerprint density at radius 3 is 2.69 bits per heavy atom. The summed E-state index contributed by atoms with van der Waals surface area (Å²) in [4.78, 5) is 20.3. The molecule has 1 aromatic heterocycles. The van der Waals surface area contributed by atoms with E-state index in [0.717, 1.165) is 0 Å². The van der Waals surface area contributed by atoms with Crippen LogP contribution in [0, 0.1) is 0 Å². The Hall–Kier alpha value is -1.84. The molecule has 0 aliphatic carbocycles. The average Bonchev–Trinajstić information content (AvgIpc) is 2.52. The molecule has 0 amide bonds. The molecule has 0 bridgehead atoms. The van der Waals surface area contributed by atoms with Crippen LogP contribution >= 0.6 is 0 Å². The Morgan fingerprint density at radius 1 is 1.46 bits per heavy atom. The fourth-order valence-electron chi connectivity index (χ4n) is 0.797. The van der Waals surface area contributed by atoms with Crippen LogP contribution in [0.25, 0.3) is 6.08 Å². The highest BCUT2D eigenvalue weighted by atomic mass is 16.4. The van der Waals surface area contributed by atoms with Gasteiger partial charge < -0.3 is 9.52 Å². The van der Waals surface area contributed by atoms with Gasteiger partial charge in [-0.3, -0.25) is 9.59 Å². The summed E-state index contributed by atoms with van der Waals surface area (Å²) in [5.74, 6) is -0.197. The second-order valence-corrected chi connectivity index (χ2v) is 2.36. The lowest BCUT2D eigenvalue weighted by molar-refractivity contribution is -0.135. The predicted octanol–water partition coefficient (Wildman–Crippen LogP) is 1.58. The van der Waals surface area contributed by atoms with E-state index >= 15 is 0 Å². The molecular formula is C9H8O4. The van der Waals surface area contributed by atoms with Crippen molar-refractivity contribution in [2.24, 2.45) is 0 Å². The van der Waals surface area contributed by atoms with E-state index in [2.05, 4.69) is 0 Å². The van der Waals surface area contributed by atoms with Crippen LogP contribution in [0.5, 0.6) is 0 Å². The molecule has 0 saturated heterocycles. The number of carbonyl (C=O) groups excluding carboxylic acids is 1. The maximum Gasteiger partial charge on any atom is 0.307 e. The second kappa shape index (κ2) is 4.25. The molecule has 13 heavy (non-hydrogen) atoms. The van der Waals surface area contributed by atoms with Crippen molar-refractivity contribution in [3.05, 3.63) is 29.7 Å². The zero-order valence-electron chi connectivity index (χ0n) is 6.77. The summed E-state index contributed by atoms with van der Waals surface area (Å²) in [6.45, 7) is 0. The van der Waals surface area contributed by atoms with Crippen molar-refractivity contribution in [3.63, 3.8) is 0 Å². The van der Waals surface area contributed by atoms with Gasteiger partial charge in [0.2, 0.25) is 0 Å². The summed E-state index contributed by atoms with van der Waals surface area (Å²) in [5.41, 5.74) is 0. The van der Waals surface area contributed by atoms with Gasteiger partial charge in [-0.15, -0.1) is 0 Å². The molecule has 1 heterocycles. The third kappa shape index (κ3) is 2.94. The van der Waals surface area contributed by atoms with Gasteiger partial charge in [0.25, 0.3) is 0 Å². The molecule has 0 aliphatic rings. The van der Waals surface area contributed by atoms with E-state index in [-0.39, 0.29) is 12.2 Å². The molecule has 0 spiro atoms. The van der Waals surface area contributed by atoms with Crippen LogP contribution in [0.4, 0.5) is 0 Å². The van der Waals surface area contributed by atoms with Crippen molar-refractivity contribution < 1.29 is 19.1 Å². The molecule has 0 saturated carbocycles. The van der Waals surface area contributed by atoms with E-state index in [1.165, 1.54) is 18.2 Å². The fraction of sp³-hybridized carbons (Fsp3) is 0.111. The third-order valence-electron chi connectivity index (χ3n) is 1.34. The molecule has 1 N–H and O–H groups in total. The number of aldehydes is 1. The van der Waals surface area contributed by atoms with Crippen LogP contribution in [-0.4, -0.2) is 17.4 Å². The van der Waals surface area contributed by atoms with E-state index in [0.29, 0.717) is 12.0 Å². The predicted molar refractivity (Wildman–Crippen MR) is 45.4 cm³/mol. The molecule has 1 aromatic rings. The number of hydrogen-bond acceptors (Lipinski definition) is 3. The van der Waals surface area contributed by atoms with E-state index in [4.69, 9.17) is 9.52 Å². The maximum absolute atomic E-state index is 10.2. The number of furan rings is 1. The summed E-state index contributed by atoms with van der Waals surface area (Å²) in [6.07, 6.45) is 3.50. The monoisotopic (exact) mass is 180 g/mol. The zero-order valence-corrected chi connectivity index (χ0v) is 6.77. The van der Waals surface area contributed by atoms with Gasteiger partial charge in [0.15, 0.2) is 12.0 Å². The average molecular weight is 180 g/mol. The van der Waals surface area contributed by atoms with Crippen molar-refractivity contribution >= 4 is 18.3 Å². The summed E-state index contributed by atoms with van der Waals surface area (Å²) in [6, 6.07) is 3.12. The van der Waals surface area contributed by atoms with Crippen LogP contribution in [-0.2, 0) is 4.79 Å². The highest BCUT2D eigenvalue weighted by molar-refractivity contribution is 5.72. The van der Waals surface area contributed by atoms with Gasteiger partial charge in [0.1, 0.15) is 5.76 Å². The van der Waals surface area contributed by atoms with Crippen molar-refractivity contribution in [2.75, 3.05) is 0 Å². The van der Waals surface area contributed by atoms with Gasteiger partial charge in [-0.25, -0.2) is 0 Å². The van der Waals surface area contributed by atoms with Gasteiger partial charge in [0, 0.05) is 0 Å². The summed E-state index contributed by atoms with van der Waals surface area (Å²) in [7, 11) is 0. The van der Waals surface area contributed by atoms with Crippen LogP contribution in [0.15, 0.2) is 22.6 Å². The molecule has 0 atom stereocenters. The van der Waals surface area contributed by atoms with Crippen molar-refractivity contribution in [3.8, 4) is 0 Å². The minimum atomic E-state index is -0.904. The number of hydrogen-bond donors (Lipinski definition) is 1. The van der Waals surface area contributed by atoms with Gasteiger partial charge in [0.05, 0.1) is 6.42 Å². The Morgan fingerprint density at radius 2 is 2.15 bits per heavy atom. The molecule has 0 unspecified atom stereocenters. The smallest absolute Gasteiger partial charge is 0.307 e.